The van der Waals surface area contributed by atoms with Crippen LogP contribution in [0.1, 0.15) is 114 Å². The summed E-state index contributed by atoms with van der Waals surface area (Å²) in [6, 6.07) is 1.85. The second-order valence-corrected chi connectivity index (χ2v) is 18.6. The lowest BCUT2D eigenvalue weighted by molar-refractivity contribution is -0.696. The van der Waals surface area contributed by atoms with Gasteiger partial charge in [0.1, 0.15) is 6.15 Å². The van der Waals surface area contributed by atoms with E-state index in [0.29, 0.717) is 0 Å². The second kappa shape index (κ2) is 24.3. The molecule has 0 fully saturated rings. The van der Waals surface area contributed by atoms with Crippen LogP contribution in [0.4, 0.5) is 105 Å². The fourth-order valence-corrected chi connectivity index (χ4v) is 9.07. The molecule has 0 amide bonds. The van der Waals surface area contributed by atoms with E-state index < -0.39 is 195 Å². The van der Waals surface area contributed by atoms with Gasteiger partial charge in [0.2, 0.25) is 0 Å². The summed E-state index contributed by atoms with van der Waals surface area (Å²) in [5.41, 5.74) is -27.5. The molecule has 0 N–H and O–H groups in total. The molecule has 0 aliphatic rings. The van der Waals surface area contributed by atoms with Crippen molar-refractivity contribution in [3.05, 3.63) is 177 Å². The minimum atomic E-state index is -6.13. The Bertz CT molecular complexity index is 2580. The summed E-state index contributed by atoms with van der Waals surface area (Å²) in [5.74, 6) is 0. The van der Waals surface area contributed by atoms with Crippen LogP contribution in [0.3, 0.4) is 0 Å². The van der Waals surface area contributed by atoms with Gasteiger partial charge in [-0.2, -0.15) is 132 Å². The second-order valence-electron chi connectivity index (χ2n) is 18.6. The smallest absolute Gasteiger partial charge is 0.252 e. The SMILES string of the molecule is CCCCCCCCCCc1cncc[n+]1Cc1ccccc1.FC(F)(F)c1cc([B-](c2cc(C(F)(F)F)cc(C(F)(F)F)c2)(c2cc(C(F)(F)F)cc(C(F)(F)F)c2)c2cc(C(F)(F)F)cc(C(F)(F)F)c2)cc(C(F)(F)F)c1. The van der Waals surface area contributed by atoms with E-state index in [1.54, 1.807) is 0 Å². The van der Waals surface area contributed by atoms with Crippen molar-refractivity contribution < 1.29 is 110 Å². The lowest BCUT2D eigenvalue weighted by atomic mass is 9.12. The van der Waals surface area contributed by atoms with E-state index in [4.69, 9.17) is 0 Å². The first kappa shape index (κ1) is 64.4. The topological polar surface area (TPSA) is 16.8 Å². The quantitative estimate of drug-likeness (QED) is 0.0433. The normalized spacial score (nSPS) is 13.3. The molecule has 0 unspecified atom stereocenters. The van der Waals surface area contributed by atoms with Gasteiger partial charge in [-0.15, -0.1) is 0 Å². The lowest BCUT2D eigenvalue weighted by Gasteiger charge is -2.46. The van der Waals surface area contributed by atoms with E-state index in [0.717, 1.165) is 13.0 Å². The maximum atomic E-state index is 14.2. The number of rotatable bonds is 15. The zero-order valence-electron chi connectivity index (χ0n) is 41.2. The minimum Gasteiger partial charge on any atom is -0.252 e. The van der Waals surface area contributed by atoms with Gasteiger partial charge in [0, 0.05) is 12.0 Å². The molecule has 0 saturated carbocycles. The van der Waals surface area contributed by atoms with Gasteiger partial charge < -0.3 is 0 Å². The summed E-state index contributed by atoms with van der Waals surface area (Å²) in [6.07, 6.45) is -36.7. The molecule has 1 heterocycles. The number of benzene rings is 5. The zero-order valence-corrected chi connectivity index (χ0v) is 41.2. The van der Waals surface area contributed by atoms with Gasteiger partial charge in [0.05, 0.1) is 56.9 Å². The van der Waals surface area contributed by atoms with Gasteiger partial charge >= 0.3 is 49.4 Å². The van der Waals surface area contributed by atoms with Crippen molar-refractivity contribution in [3.8, 4) is 0 Å². The number of unbranched alkanes of at least 4 members (excludes halogenated alkanes) is 7. The highest BCUT2D eigenvalue weighted by molar-refractivity contribution is 7.20. The molecule has 0 atom stereocenters. The number of hydrogen-bond acceptors (Lipinski definition) is 1. The highest BCUT2D eigenvalue weighted by atomic mass is 19.4. The average Bonchev–Trinajstić information content (AvgIpc) is 3.48. The zero-order chi connectivity index (χ0) is 60.1. The highest BCUT2D eigenvalue weighted by Gasteiger charge is 2.47. The number of nitrogens with zero attached hydrogens (tertiary/aromatic N) is 2. The van der Waals surface area contributed by atoms with Crippen molar-refractivity contribution in [2.24, 2.45) is 0 Å². The number of hydrogen-bond donors (Lipinski definition) is 0. The highest BCUT2D eigenvalue weighted by Crippen LogP contribution is 2.41. The largest absolute Gasteiger partial charge is 0.416 e. The van der Waals surface area contributed by atoms with Crippen LogP contribution in [-0.2, 0) is 62.4 Å². The minimum absolute atomic E-state index is 0.691. The molecule has 6 rings (SSSR count). The molecule has 27 heteroatoms. The summed E-state index contributed by atoms with van der Waals surface area (Å²) >= 11 is 0. The molecule has 436 valence electrons. The van der Waals surface area contributed by atoms with Crippen LogP contribution in [-0.4, -0.2) is 11.1 Å². The standard InChI is InChI=1S/C32H12BF24.C21H31N2/c34-25(35,36)13-1-14(26(37,38)39)6-21(5-13)33(22-7-15(27(40,41)42)2-16(8-22)28(43,44)45,23-9-17(29(46,47)48)3-18(10-23)30(49,50)51)24-11-19(31(52,53)54)4-20(12-24)32(55,56)57;1-2-3-4-5-6-7-8-12-15-21-18-22-16-17-23(21)19-20-13-10-9-11-14-20/h1-12H;9-11,13-14,16-18H,2-8,12,15,19H2,1H3/q-1;+1. The third kappa shape index (κ3) is 16.6. The van der Waals surface area contributed by atoms with Crippen molar-refractivity contribution in [3.63, 3.8) is 0 Å². The first-order valence-corrected chi connectivity index (χ1v) is 23.9. The van der Waals surface area contributed by atoms with Gasteiger partial charge in [0.15, 0.2) is 18.4 Å². The molecule has 0 bridgehead atoms. The summed E-state index contributed by atoms with van der Waals surface area (Å²) in [6.45, 7) is 3.22. The van der Waals surface area contributed by atoms with Crippen LogP contribution in [0.15, 0.2) is 122 Å². The van der Waals surface area contributed by atoms with Gasteiger partial charge in [-0.1, -0.05) is 131 Å². The Kier molecular flexibility index (Phi) is 19.6. The summed E-state index contributed by atoms with van der Waals surface area (Å²) < 4.78 is 343. The molecule has 0 spiro atoms. The van der Waals surface area contributed by atoms with E-state index in [2.05, 4.69) is 53.0 Å². The molecule has 0 aliphatic heterocycles. The molecule has 80 heavy (non-hydrogen) atoms. The summed E-state index contributed by atoms with van der Waals surface area (Å²) in [7, 11) is 0. The van der Waals surface area contributed by atoms with Crippen molar-refractivity contribution in [2.75, 3.05) is 0 Å². The van der Waals surface area contributed by atoms with Crippen molar-refractivity contribution >= 4 is 28.0 Å². The van der Waals surface area contributed by atoms with E-state index in [9.17, 15) is 105 Å². The monoisotopic (exact) mass is 1170 g/mol. The Morgan fingerprint density at radius 1 is 0.362 bits per heavy atom. The molecule has 0 aliphatic carbocycles. The Morgan fingerprint density at radius 2 is 0.637 bits per heavy atom. The summed E-state index contributed by atoms with van der Waals surface area (Å²) in [5, 5.41) is 0. The summed E-state index contributed by atoms with van der Waals surface area (Å²) in [4.78, 5) is 4.31. The molecule has 1 aromatic heterocycles. The van der Waals surface area contributed by atoms with Gasteiger partial charge in [-0.3, -0.25) is 4.98 Å². The predicted octanol–water partition coefficient (Wildman–Crippen LogP) is 16.3. The molecular formula is C53H43BF24N2. The number of aryl methyl sites for hydroxylation is 1. The molecule has 0 saturated heterocycles. The van der Waals surface area contributed by atoms with Gasteiger partial charge in [-0.05, 0) is 30.7 Å². The van der Waals surface area contributed by atoms with Crippen molar-refractivity contribution in [2.45, 2.75) is 121 Å². The molecular weight excluding hydrogens is 1130 g/mol. The molecule has 6 aromatic rings. The maximum Gasteiger partial charge on any atom is 0.416 e. The first-order valence-electron chi connectivity index (χ1n) is 23.9. The average molecular weight is 1170 g/mol. The lowest BCUT2D eigenvalue weighted by Crippen LogP contribution is -2.75. The Labute approximate surface area is 440 Å². The van der Waals surface area contributed by atoms with Crippen LogP contribution in [0, 0.1) is 0 Å². The van der Waals surface area contributed by atoms with E-state index in [1.165, 1.54) is 62.6 Å². The predicted molar refractivity (Wildman–Crippen MR) is 246 cm³/mol. The molecule has 0 radical (unpaired) electrons. The Balaban J connectivity index is 0.000000424. The van der Waals surface area contributed by atoms with Crippen LogP contribution in [0.25, 0.3) is 0 Å². The Hall–Kier alpha value is -6.44. The van der Waals surface area contributed by atoms with E-state index >= 15 is 0 Å². The Morgan fingerprint density at radius 3 is 0.912 bits per heavy atom. The van der Waals surface area contributed by atoms with E-state index in [1.807, 2.05) is 12.4 Å². The first-order chi connectivity index (χ1) is 36.7. The van der Waals surface area contributed by atoms with E-state index in [-0.39, 0.29) is 0 Å². The maximum absolute atomic E-state index is 14.2. The third-order valence-corrected chi connectivity index (χ3v) is 12.8. The van der Waals surface area contributed by atoms with Gasteiger partial charge in [0.25, 0.3) is 0 Å². The van der Waals surface area contributed by atoms with Crippen molar-refractivity contribution in [1.82, 2.24) is 4.98 Å². The third-order valence-electron chi connectivity index (χ3n) is 12.8. The molecule has 2 nitrogen and oxygen atoms in total. The van der Waals surface area contributed by atoms with Crippen LogP contribution >= 0.6 is 0 Å². The van der Waals surface area contributed by atoms with Crippen LogP contribution in [0.2, 0.25) is 0 Å². The van der Waals surface area contributed by atoms with Crippen LogP contribution < -0.4 is 26.4 Å². The fourth-order valence-electron chi connectivity index (χ4n) is 9.07. The van der Waals surface area contributed by atoms with Crippen LogP contribution in [0.5, 0.6) is 0 Å². The number of aromatic nitrogens is 2. The fraction of sp³-hybridized carbons (Fsp3) is 0.358. The van der Waals surface area contributed by atoms with Gasteiger partial charge in [-0.25, -0.2) is 0 Å². The van der Waals surface area contributed by atoms with Crippen molar-refractivity contribution in [1.29, 1.82) is 0 Å². The molecule has 5 aromatic carbocycles. The number of halogens is 24. The number of alkyl halides is 24.